The molecule has 4 nitrogen and oxygen atoms in total. The van der Waals surface area contributed by atoms with E-state index in [4.69, 9.17) is 15.2 Å². The van der Waals surface area contributed by atoms with Gasteiger partial charge >= 0.3 is 0 Å². The lowest BCUT2D eigenvalue weighted by atomic mass is 9.72. The van der Waals surface area contributed by atoms with Crippen molar-refractivity contribution in [1.82, 2.24) is 0 Å². The summed E-state index contributed by atoms with van der Waals surface area (Å²) in [6.45, 7) is 3.50. The highest BCUT2D eigenvalue weighted by Crippen LogP contribution is 2.44. The largest absolute Gasteiger partial charge is 0.496 e. The number of ether oxygens (including phenoxy) is 2. The van der Waals surface area contributed by atoms with Gasteiger partial charge in [0.05, 0.1) is 20.3 Å². The zero-order valence-electron chi connectivity index (χ0n) is 11.5. The van der Waals surface area contributed by atoms with Gasteiger partial charge in [-0.1, -0.05) is 0 Å². The Morgan fingerprint density at radius 1 is 1.26 bits per heavy atom. The van der Waals surface area contributed by atoms with Gasteiger partial charge in [0, 0.05) is 29.9 Å². The van der Waals surface area contributed by atoms with Crippen molar-refractivity contribution in [3.8, 4) is 5.75 Å². The van der Waals surface area contributed by atoms with Gasteiger partial charge < -0.3 is 20.1 Å². The number of hydrogen-bond donors (Lipinski definition) is 1. The monoisotopic (exact) mass is 262 g/mol. The van der Waals surface area contributed by atoms with E-state index >= 15 is 0 Å². The summed E-state index contributed by atoms with van der Waals surface area (Å²) in [5.74, 6) is 0.916. The number of nitrogens with two attached hydrogens (primary N) is 1. The van der Waals surface area contributed by atoms with Gasteiger partial charge in [-0.25, -0.2) is 0 Å². The smallest absolute Gasteiger partial charge is 0.124 e. The maximum Gasteiger partial charge on any atom is 0.124 e. The molecular formula is C15H22N2O2. The minimum absolute atomic E-state index is 0.187. The first-order chi connectivity index (χ1) is 9.23. The van der Waals surface area contributed by atoms with Crippen LogP contribution in [0.5, 0.6) is 5.75 Å². The van der Waals surface area contributed by atoms with Crippen molar-refractivity contribution in [1.29, 1.82) is 0 Å². The molecule has 0 aromatic heterocycles. The second-order valence-electron chi connectivity index (χ2n) is 5.49. The van der Waals surface area contributed by atoms with E-state index in [2.05, 4.69) is 17.0 Å². The SMILES string of the molecule is COc1ccc(N2CCOCC2)cc1C1(N)CCC1. The molecule has 2 aliphatic rings. The number of hydrogen-bond acceptors (Lipinski definition) is 4. The first-order valence-corrected chi connectivity index (χ1v) is 7.03. The van der Waals surface area contributed by atoms with Crippen molar-refractivity contribution in [2.24, 2.45) is 5.73 Å². The molecule has 1 aliphatic heterocycles. The molecule has 1 aromatic rings. The van der Waals surface area contributed by atoms with E-state index in [1.165, 1.54) is 12.1 Å². The Labute approximate surface area is 114 Å². The predicted molar refractivity (Wildman–Crippen MR) is 75.7 cm³/mol. The van der Waals surface area contributed by atoms with Crippen LogP contribution in [0.1, 0.15) is 24.8 Å². The Hall–Kier alpha value is -1.26. The number of anilines is 1. The molecule has 1 heterocycles. The molecule has 0 spiro atoms. The highest BCUT2D eigenvalue weighted by Gasteiger charge is 2.37. The lowest BCUT2D eigenvalue weighted by molar-refractivity contribution is 0.122. The maximum atomic E-state index is 6.48. The maximum absolute atomic E-state index is 6.48. The molecule has 1 aromatic carbocycles. The molecule has 3 rings (SSSR count). The molecule has 0 bridgehead atoms. The quantitative estimate of drug-likeness (QED) is 0.903. The van der Waals surface area contributed by atoms with Gasteiger partial charge in [0.25, 0.3) is 0 Å². The average molecular weight is 262 g/mol. The van der Waals surface area contributed by atoms with Crippen LogP contribution in [0.3, 0.4) is 0 Å². The predicted octanol–water partition coefficient (Wildman–Crippen LogP) is 1.87. The summed E-state index contributed by atoms with van der Waals surface area (Å²) in [6, 6.07) is 6.38. The number of benzene rings is 1. The summed E-state index contributed by atoms with van der Waals surface area (Å²) in [5, 5.41) is 0. The fourth-order valence-electron chi connectivity index (χ4n) is 2.93. The Morgan fingerprint density at radius 3 is 2.58 bits per heavy atom. The molecule has 0 radical (unpaired) electrons. The highest BCUT2D eigenvalue weighted by atomic mass is 16.5. The zero-order chi connectivity index (χ0) is 13.3. The molecule has 0 atom stereocenters. The molecule has 1 saturated carbocycles. The van der Waals surface area contributed by atoms with Crippen LogP contribution < -0.4 is 15.4 Å². The third-order valence-corrected chi connectivity index (χ3v) is 4.34. The van der Waals surface area contributed by atoms with E-state index in [0.29, 0.717) is 0 Å². The highest BCUT2D eigenvalue weighted by molar-refractivity contribution is 5.56. The number of rotatable bonds is 3. The van der Waals surface area contributed by atoms with E-state index in [0.717, 1.165) is 50.5 Å². The van der Waals surface area contributed by atoms with Crippen LogP contribution in [0.15, 0.2) is 18.2 Å². The minimum atomic E-state index is -0.187. The lowest BCUT2D eigenvalue weighted by Gasteiger charge is -2.40. The van der Waals surface area contributed by atoms with E-state index in [-0.39, 0.29) is 5.54 Å². The number of methoxy groups -OCH3 is 1. The summed E-state index contributed by atoms with van der Waals surface area (Å²) in [5.41, 5.74) is 8.68. The summed E-state index contributed by atoms with van der Waals surface area (Å²) in [6.07, 6.45) is 3.31. The van der Waals surface area contributed by atoms with Crippen LogP contribution in [0.25, 0.3) is 0 Å². The summed E-state index contributed by atoms with van der Waals surface area (Å²) in [7, 11) is 1.72. The minimum Gasteiger partial charge on any atom is -0.496 e. The number of morpholine rings is 1. The van der Waals surface area contributed by atoms with Crippen molar-refractivity contribution in [2.75, 3.05) is 38.3 Å². The summed E-state index contributed by atoms with van der Waals surface area (Å²) in [4.78, 5) is 2.36. The van der Waals surface area contributed by atoms with Gasteiger partial charge in [-0.05, 0) is 37.5 Å². The fraction of sp³-hybridized carbons (Fsp3) is 0.600. The summed E-state index contributed by atoms with van der Waals surface area (Å²) >= 11 is 0. The Kier molecular flexibility index (Phi) is 3.37. The molecule has 0 amide bonds. The van der Waals surface area contributed by atoms with E-state index in [9.17, 15) is 0 Å². The van der Waals surface area contributed by atoms with Gasteiger partial charge in [-0.2, -0.15) is 0 Å². The molecule has 1 aliphatic carbocycles. The Bertz CT molecular complexity index is 451. The van der Waals surface area contributed by atoms with Gasteiger partial charge in [-0.15, -0.1) is 0 Å². The van der Waals surface area contributed by atoms with Crippen LogP contribution in [0.2, 0.25) is 0 Å². The Balaban J connectivity index is 1.92. The van der Waals surface area contributed by atoms with Crippen LogP contribution in [-0.4, -0.2) is 33.4 Å². The molecular weight excluding hydrogens is 240 g/mol. The van der Waals surface area contributed by atoms with Crippen molar-refractivity contribution in [3.05, 3.63) is 23.8 Å². The first-order valence-electron chi connectivity index (χ1n) is 7.03. The molecule has 4 heteroatoms. The molecule has 2 N–H and O–H groups in total. The zero-order valence-corrected chi connectivity index (χ0v) is 11.5. The summed E-state index contributed by atoms with van der Waals surface area (Å²) < 4.78 is 10.9. The molecule has 0 unspecified atom stereocenters. The van der Waals surface area contributed by atoms with E-state index in [1.54, 1.807) is 7.11 Å². The van der Waals surface area contributed by atoms with Crippen LogP contribution in [-0.2, 0) is 10.3 Å². The van der Waals surface area contributed by atoms with Gasteiger partial charge in [-0.3, -0.25) is 0 Å². The second-order valence-corrected chi connectivity index (χ2v) is 5.49. The van der Waals surface area contributed by atoms with Crippen molar-refractivity contribution >= 4 is 5.69 Å². The molecule has 2 fully saturated rings. The second kappa shape index (κ2) is 5.02. The first kappa shape index (κ1) is 12.8. The standard InChI is InChI=1S/C15H22N2O2/c1-18-14-4-3-12(17-7-9-19-10-8-17)11-13(14)15(16)5-2-6-15/h3-4,11H,2,5-10,16H2,1H3. The number of nitrogens with zero attached hydrogens (tertiary/aromatic N) is 1. The van der Waals surface area contributed by atoms with Crippen molar-refractivity contribution < 1.29 is 9.47 Å². The third-order valence-electron chi connectivity index (χ3n) is 4.34. The van der Waals surface area contributed by atoms with Crippen LogP contribution >= 0.6 is 0 Å². The van der Waals surface area contributed by atoms with Gasteiger partial charge in [0.15, 0.2) is 0 Å². The van der Waals surface area contributed by atoms with E-state index < -0.39 is 0 Å². The molecule has 104 valence electrons. The Morgan fingerprint density at radius 2 is 2.00 bits per heavy atom. The van der Waals surface area contributed by atoms with Crippen LogP contribution in [0.4, 0.5) is 5.69 Å². The van der Waals surface area contributed by atoms with Crippen molar-refractivity contribution in [2.45, 2.75) is 24.8 Å². The van der Waals surface area contributed by atoms with E-state index in [1.807, 2.05) is 6.07 Å². The molecule has 1 saturated heterocycles. The van der Waals surface area contributed by atoms with Gasteiger partial charge in [0.1, 0.15) is 5.75 Å². The topological polar surface area (TPSA) is 47.7 Å². The normalized spacial score (nSPS) is 21.9. The van der Waals surface area contributed by atoms with Crippen LogP contribution in [0, 0.1) is 0 Å². The lowest BCUT2D eigenvalue weighted by Crippen LogP contribution is -2.44. The molecule has 19 heavy (non-hydrogen) atoms. The third kappa shape index (κ3) is 2.30. The fourth-order valence-corrected chi connectivity index (χ4v) is 2.93. The average Bonchev–Trinajstić information content (AvgIpc) is 2.45. The van der Waals surface area contributed by atoms with Crippen molar-refractivity contribution in [3.63, 3.8) is 0 Å². The van der Waals surface area contributed by atoms with Gasteiger partial charge in [0.2, 0.25) is 0 Å².